The molecule has 1 atom stereocenters. The van der Waals surface area contributed by atoms with E-state index in [0.717, 1.165) is 18.5 Å². The normalized spacial score (nSPS) is 13.1. The lowest BCUT2D eigenvalue weighted by atomic mass is 10.0. The number of benzene rings is 1. The quantitative estimate of drug-likeness (QED) is 0.819. The molecule has 1 unspecified atom stereocenters. The first-order valence-corrected chi connectivity index (χ1v) is 6.53. The Morgan fingerprint density at radius 3 is 2.88 bits per heavy atom. The maximum atomic E-state index is 5.44. The van der Waals surface area contributed by atoms with Gasteiger partial charge in [0.05, 0.1) is 6.26 Å². The van der Waals surface area contributed by atoms with Crippen LogP contribution in [0.3, 0.4) is 0 Å². The zero-order chi connectivity index (χ0) is 12.1. The van der Waals surface area contributed by atoms with Crippen molar-refractivity contribution in [2.75, 3.05) is 6.54 Å². The van der Waals surface area contributed by atoms with Crippen LogP contribution in [0.5, 0.6) is 0 Å². The summed E-state index contributed by atoms with van der Waals surface area (Å²) in [6.07, 6.45) is 5.28. The average Bonchev–Trinajstić information content (AvgIpc) is 2.77. The second kappa shape index (κ2) is 5.87. The minimum absolute atomic E-state index is 0.581. The van der Waals surface area contributed by atoms with E-state index in [9.17, 15) is 0 Å². The van der Waals surface area contributed by atoms with Gasteiger partial charge in [0.1, 0.15) is 5.58 Å². The minimum Gasteiger partial charge on any atom is -0.464 e. The molecule has 1 aromatic carbocycles. The van der Waals surface area contributed by atoms with Crippen molar-refractivity contribution in [2.45, 2.75) is 39.2 Å². The van der Waals surface area contributed by atoms with Crippen LogP contribution in [-0.2, 0) is 6.42 Å². The lowest BCUT2D eigenvalue weighted by molar-refractivity contribution is 0.485. The Kier molecular flexibility index (Phi) is 4.21. The SMILES string of the molecule is CCCC(Cc1ccc2ccoc2c1)NCC. The molecule has 2 rings (SSSR count). The van der Waals surface area contributed by atoms with Gasteiger partial charge in [0.2, 0.25) is 0 Å². The first-order valence-electron chi connectivity index (χ1n) is 6.53. The third kappa shape index (κ3) is 3.10. The van der Waals surface area contributed by atoms with Crippen LogP contribution in [0.15, 0.2) is 34.9 Å². The van der Waals surface area contributed by atoms with Crippen LogP contribution in [-0.4, -0.2) is 12.6 Å². The summed E-state index contributed by atoms with van der Waals surface area (Å²) in [6, 6.07) is 9.10. The van der Waals surface area contributed by atoms with Crippen molar-refractivity contribution in [2.24, 2.45) is 0 Å². The van der Waals surface area contributed by atoms with Crippen LogP contribution in [0, 0.1) is 0 Å². The number of furan rings is 1. The fourth-order valence-electron chi connectivity index (χ4n) is 2.32. The number of hydrogen-bond donors (Lipinski definition) is 1. The van der Waals surface area contributed by atoms with Gasteiger partial charge in [-0.1, -0.05) is 32.4 Å². The van der Waals surface area contributed by atoms with Crippen LogP contribution in [0.25, 0.3) is 11.0 Å². The molecule has 2 heteroatoms. The van der Waals surface area contributed by atoms with Crippen molar-refractivity contribution in [3.8, 4) is 0 Å². The van der Waals surface area contributed by atoms with Gasteiger partial charge in [-0.25, -0.2) is 0 Å². The molecule has 0 aliphatic carbocycles. The summed E-state index contributed by atoms with van der Waals surface area (Å²) >= 11 is 0. The van der Waals surface area contributed by atoms with Crippen molar-refractivity contribution in [1.82, 2.24) is 5.32 Å². The molecule has 1 heterocycles. The molecule has 2 nitrogen and oxygen atoms in total. The van der Waals surface area contributed by atoms with Gasteiger partial charge in [0.25, 0.3) is 0 Å². The van der Waals surface area contributed by atoms with Crippen molar-refractivity contribution in [3.05, 3.63) is 36.1 Å². The Balaban J connectivity index is 2.09. The van der Waals surface area contributed by atoms with Crippen molar-refractivity contribution >= 4 is 11.0 Å². The second-order valence-corrected chi connectivity index (χ2v) is 4.54. The molecule has 0 aliphatic heterocycles. The Hall–Kier alpha value is -1.28. The molecular formula is C15H21NO. The fourth-order valence-corrected chi connectivity index (χ4v) is 2.32. The van der Waals surface area contributed by atoms with E-state index in [2.05, 4.69) is 37.4 Å². The van der Waals surface area contributed by atoms with Gasteiger partial charge in [0, 0.05) is 11.4 Å². The first kappa shape index (κ1) is 12.2. The van der Waals surface area contributed by atoms with Crippen LogP contribution in [0.1, 0.15) is 32.3 Å². The molecule has 2 aromatic rings. The van der Waals surface area contributed by atoms with Crippen LogP contribution >= 0.6 is 0 Å². The van der Waals surface area contributed by atoms with Gasteiger partial charge in [-0.2, -0.15) is 0 Å². The van der Waals surface area contributed by atoms with E-state index >= 15 is 0 Å². The number of rotatable bonds is 6. The summed E-state index contributed by atoms with van der Waals surface area (Å²) in [6.45, 7) is 5.44. The zero-order valence-electron chi connectivity index (χ0n) is 10.7. The molecule has 17 heavy (non-hydrogen) atoms. The van der Waals surface area contributed by atoms with E-state index in [1.807, 2.05) is 6.07 Å². The van der Waals surface area contributed by atoms with E-state index in [1.54, 1.807) is 6.26 Å². The molecule has 0 bridgehead atoms. The molecule has 0 saturated carbocycles. The topological polar surface area (TPSA) is 25.2 Å². The number of likely N-dealkylation sites (N-methyl/N-ethyl adjacent to an activating group) is 1. The number of nitrogens with one attached hydrogen (secondary N) is 1. The molecule has 0 spiro atoms. The first-order chi connectivity index (χ1) is 8.33. The van der Waals surface area contributed by atoms with Crippen molar-refractivity contribution in [3.63, 3.8) is 0 Å². The summed E-state index contributed by atoms with van der Waals surface area (Å²) in [7, 11) is 0. The highest BCUT2D eigenvalue weighted by Crippen LogP contribution is 2.18. The maximum Gasteiger partial charge on any atom is 0.134 e. The van der Waals surface area contributed by atoms with E-state index < -0.39 is 0 Å². The van der Waals surface area contributed by atoms with Gasteiger partial charge in [-0.05, 0) is 37.1 Å². The monoisotopic (exact) mass is 231 g/mol. The molecule has 1 aromatic heterocycles. The average molecular weight is 231 g/mol. The summed E-state index contributed by atoms with van der Waals surface area (Å²) < 4.78 is 5.44. The molecule has 1 N–H and O–H groups in total. The number of fused-ring (bicyclic) bond motifs is 1. The van der Waals surface area contributed by atoms with Gasteiger partial charge in [-0.3, -0.25) is 0 Å². The standard InChI is InChI=1S/C15H21NO/c1-3-5-14(16-4-2)10-12-6-7-13-8-9-17-15(13)11-12/h6-9,11,14,16H,3-5,10H2,1-2H3. The highest BCUT2D eigenvalue weighted by Gasteiger charge is 2.08. The smallest absolute Gasteiger partial charge is 0.134 e. The molecule has 0 saturated heterocycles. The lowest BCUT2D eigenvalue weighted by Crippen LogP contribution is -2.30. The lowest BCUT2D eigenvalue weighted by Gasteiger charge is -2.16. The largest absolute Gasteiger partial charge is 0.464 e. The highest BCUT2D eigenvalue weighted by atomic mass is 16.3. The zero-order valence-corrected chi connectivity index (χ0v) is 10.7. The van der Waals surface area contributed by atoms with Gasteiger partial charge in [-0.15, -0.1) is 0 Å². The van der Waals surface area contributed by atoms with E-state index in [4.69, 9.17) is 4.42 Å². The molecule has 0 radical (unpaired) electrons. The van der Waals surface area contributed by atoms with Crippen LogP contribution in [0.2, 0.25) is 0 Å². The van der Waals surface area contributed by atoms with E-state index in [0.29, 0.717) is 6.04 Å². The summed E-state index contributed by atoms with van der Waals surface area (Å²) in [5, 5.41) is 4.73. The Bertz CT molecular complexity index is 455. The van der Waals surface area contributed by atoms with E-state index in [1.165, 1.54) is 23.8 Å². The Morgan fingerprint density at radius 1 is 1.24 bits per heavy atom. The van der Waals surface area contributed by atoms with E-state index in [-0.39, 0.29) is 0 Å². The van der Waals surface area contributed by atoms with Gasteiger partial charge in [0.15, 0.2) is 0 Å². The minimum atomic E-state index is 0.581. The van der Waals surface area contributed by atoms with Gasteiger partial charge < -0.3 is 9.73 Å². The maximum absolute atomic E-state index is 5.44. The molecule has 0 aliphatic rings. The predicted octanol–water partition coefficient (Wildman–Crippen LogP) is 3.75. The summed E-state index contributed by atoms with van der Waals surface area (Å²) in [5.74, 6) is 0. The predicted molar refractivity (Wildman–Crippen MR) is 72.3 cm³/mol. The van der Waals surface area contributed by atoms with Gasteiger partial charge >= 0.3 is 0 Å². The second-order valence-electron chi connectivity index (χ2n) is 4.54. The number of hydrogen-bond acceptors (Lipinski definition) is 2. The molecular weight excluding hydrogens is 210 g/mol. The van der Waals surface area contributed by atoms with Crippen LogP contribution < -0.4 is 5.32 Å². The van der Waals surface area contributed by atoms with Crippen molar-refractivity contribution in [1.29, 1.82) is 0 Å². The molecule has 0 amide bonds. The Labute approximate surface area is 103 Å². The summed E-state index contributed by atoms with van der Waals surface area (Å²) in [5.41, 5.74) is 2.35. The highest BCUT2D eigenvalue weighted by molar-refractivity contribution is 5.77. The summed E-state index contributed by atoms with van der Waals surface area (Å²) in [4.78, 5) is 0. The van der Waals surface area contributed by atoms with Crippen LogP contribution in [0.4, 0.5) is 0 Å². The molecule has 0 fully saturated rings. The Morgan fingerprint density at radius 2 is 2.12 bits per heavy atom. The fraction of sp³-hybridized carbons (Fsp3) is 0.467. The third-order valence-corrected chi connectivity index (χ3v) is 3.13. The van der Waals surface area contributed by atoms with Crippen molar-refractivity contribution < 1.29 is 4.42 Å². The molecule has 92 valence electrons. The third-order valence-electron chi connectivity index (χ3n) is 3.13.